The van der Waals surface area contributed by atoms with Crippen LogP contribution >= 0.6 is 0 Å². The summed E-state index contributed by atoms with van der Waals surface area (Å²) in [6.45, 7) is 4.31. The first-order chi connectivity index (χ1) is 18.8. The van der Waals surface area contributed by atoms with Gasteiger partial charge in [-0.3, -0.25) is 4.79 Å². The van der Waals surface area contributed by atoms with Crippen molar-refractivity contribution in [3.63, 3.8) is 0 Å². The second kappa shape index (κ2) is 11.1. The molecular formula is C28H26F2N4O5S. The van der Waals surface area contributed by atoms with Gasteiger partial charge >= 0.3 is 0 Å². The van der Waals surface area contributed by atoms with Crippen molar-refractivity contribution in [1.82, 2.24) is 20.2 Å². The molecule has 0 fully saturated rings. The first kappa shape index (κ1) is 28.8. The van der Waals surface area contributed by atoms with Gasteiger partial charge in [0.15, 0.2) is 5.58 Å². The van der Waals surface area contributed by atoms with Crippen molar-refractivity contribution in [2.24, 2.45) is 0 Å². The summed E-state index contributed by atoms with van der Waals surface area (Å²) in [5.41, 5.74) is 0.462. The zero-order valence-electron chi connectivity index (χ0n) is 22.0. The summed E-state index contributed by atoms with van der Waals surface area (Å²) in [6, 6.07) is 10.2. The van der Waals surface area contributed by atoms with Crippen molar-refractivity contribution in [2.75, 3.05) is 7.05 Å². The maximum atomic E-state index is 14.0. The van der Waals surface area contributed by atoms with Crippen molar-refractivity contribution >= 4 is 26.9 Å². The number of carbonyl (C=O) groups is 1. The number of aromatic nitrogens is 2. The number of aliphatic hydroxyl groups is 1. The Balaban J connectivity index is 1.96. The number of halogens is 2. The lowest BCUT2D eigenvalue weighted by atomic mass is 9.94. The summed E-state index contributed by atoms with van der Waals surface area (Å²) >= 11 is 0. The van der Waals surface area contributed by atoms with E-state index < -0.39 is 39.2 Å². The van der Waals surface area contributed by atoms with Crippen LogP contribution in [0.5, 0.6) is 0 Å². The minimum Gasteiger partial charge on any atom is -0.378 e. The molecular weight excluding hydrogens is 542 g/mol. The second-order valence-electron chi connectivity index (χ2n) is 9.55. The van der Waals surface area contributed by atoms with Crippen LogP contribution in [0.2, 0.25) is 0 Å². The van der Waals surface area contributed by atoms with E-state index in [-0.39, 0.29) is 39.4 Å². The molecule has 0 aliphatic carbocycles. The molecule has 0 bridgehead atoms. The molecule has 2 heterocycles. The molecule has 1 amide bonds. The lowest BCUT2D eigenvalue weighted by Crippen LogP contribution is -2.29. The highest BCUT2D eigenvalue weighted by Crippen LogP contribution is 2.36. The summed E-state index contributed by atoms with van der Waals surface area (Å²) in [6.07, 6.45) is -0.0393. The molecule has 0 saturated heterocycles. The second-order valence-corrected chi connectivity index (χ2v) is 11.4. The lowest BCUT2D eigenvalue weighted by molar-refractivity contribution is -0.119. The number of hydrogen-bond acceptors (Lipinski definition) is 7. The Morgan fingerprint density at radius 3 is 2.45 bits per heavy atom. The number of rotatable bonds is 7. The van der Waals surface area contributed by atoms with Gasteiger partial charge in [0.05, 0.1) is 17.1 Å². The summed E-state index contributed by atoms with van der Waals surface area (Å²) in [5.74, 6) is 3.49. The lowest BCUT2D eigenvalue weighted by Gasteiger charge is -2.21. The van der Waals surface area contributed by atoms with Crippen LogP contribution in [-0.4, -0.2) is 42.2 Å². The van der Waals surface area contributed by atoms with Gasteiger partial charge in [-0.15, -0.1) is 0 Å². The highest BCUT2D eigenvalue weighted by Gasteiger charge is 2.26. The molecule has 0 spiro atoms. The van der Waals surface area contributed by atoms with Crippen molar-refractivity contribution in [1.29, 1.82) is 0 Å². The quantitative estimate of drug-likeness (QED) is 0.290. The van der Waals surface area contributed by atoms with Crippen LogP contribution < -0.4 is 10.0 Å². The van der Waals surface area contributed by atoms with E-state index in [2.05, 4.69) is 32.0 Å². The average molecular weight is 569 g/mol. The molecule has 3 N–H and O–H groups in total. The molecule has 9 nitrogen and oxygen atoms in total. The highest BCUT2D eigenvalue weighted by atomic mass is 32.2. The third-order valence-electron chi connectivity index (χ3n) is 5.77. The first-order valence-corrected chi connectivity index (χ1v) is 13.6. The summed E-state index contributed by atoms with van der Waals surface area (Å²) in [5, 5.41) is 16.5. The Kier molecular flexibility index (Phi) is 8.02. The minimum atomic E-state index is -3.94. The van der Waals surface area contributed by atoms with Crippen molar-refractivity contribution in [3.8, 4) is 23.0 Å². The van der Waals surface area contributed by atoms with Crippen LogP contribution in [-0.2, 0) is 21.2 Å². The van der Waals surface area contributed by atoms with E-state index in [0.717, 1.165) is 18.2 Å². The van der Waals surface area contributed by atoms with E-state index in [4.69, 9.17) is 4.52 Å². The Bertz CT molecular complexity index is 1750. The zero-order valence-corrected chi connectivity index (χ0v) is 22.9. The van der Waals surface area contributed by atoms with Gasteiger partial charge in [-0.25, -0.2) is 26.9 Å². The van der Waals surface area contributed by atoms with Crippen molar-refractivity contribution < 1.29 is 31.6 Å². The number of sulfonamides is 1. The standard InChI is InChI=1S/C28H26F2N4O5S/c1-16(35)32-24(14-17-12-18(29)15-19(30)13-17)25-21(9-8-20(33-25)10-11-28(2,3)36)22-6-5-7-23-26(22)39-34-27(23)40(37,38)31-4/h5-9,12-13,15,24,31,36H,14H2,1-4H3,(H,32,35)/t24-/m0/s1. The van der Waals surface area contributed by atoms with Crippen LogP contribution in [0.4, 0.5) is 8.78 Å². The molecule has 0 aliphatic heterocycles. The van der Waals surface area contributed by atoms with Crippen LogP contribution in [0.15, 0.2) is 58.1 Å². The van der Waals surface area contributed by atoms with Crippen LogP contribution in [0, 0.1) is 23.5 Å². The Hall–Kier alpha value is -4.18. The monoisotopic (exact) mass is 568 g/mol. The van der Waals surface area contributed by atoms with E-state index in [1.54, 1.807) is 24.3 Å². The molecule has 1 atom stereocenters. The number of fused-ring (bicyclic) bond motifs is 1. The predicted octanol–water partition coefficient (Wildman–Crippen LogP) is 3.62. The van der Waals surface area contributed by atoms with E-state index in [1.807, 2.05) is 0 Å². The van der Waals surface area contributed by atoms with E-state index >= 15 is 0 Å². The third-order valence-corrected chi connectivity index (χ3v) is 7.11. The molecule has 4 rings (SSSR count). The summed E-state index contributed by atoms with van der Waals surface area (Å²) in [7, 11) is -2.69. The predicted molar refractivity (Wildman–Crippen MR) is 143 cm³/mol. The summed E-state index contributed by atoms with van der Waals surface area (Å²) in [4.78, 5) is 16.9. The van der Waals surface area contributed by atoms with E-state index in [0.29, 0.717) is 11.1 Å². The molecule has 0 radical (unpaired) electrons. The average Bonchev–Trinajstić information content (AvgIpc) is 3.31. The maximum Gasteiger partial charge on any atom is 0.261 e. The molecule has 4 aromatic rings. The fourth-order valence-corrected chi connectivity index (χ4v) is 4.90. The van der Waals surface area contributed by atoms with Gasteiger partial charge in [-0.2, -0.15) is 0 Å². The highest BCUT2D eigenvalue weighted by molar-refractivity contribution is 7.89. The molecule has 2 aromatic heterocycles. The Morgan fingerprint density at radius 1 is 1.12 bits per heavy atom. The summed E-state index contributed by atoms with van der Waals surface area (Å²) < 4.78 is 60.7. The number of benzene rings is 2. The number of carbonyl (C=O) groups excluding carboxylic acids is 1. The number of para-hydroxylation sites is 1. The van der Waals surface area contributed by atoms with Crippen molar-refractivity contribution in [3.05, 3.63) is 77.1 Å². The Morgan fingerprint density at radius 2 is 1.82 bits per heavy atom. The molecule has 0 aliphatic rings. The molecule has 208 valence electrons. The molecule has 0 unspecified atom stereocenters. The Labute approximate surface area is 229 Å². The fourth-order valence-electron chi connectivity index (χ4n) is 4.12. The van der Waals surface area contributed by atoms with Gasteiger partial charge < -0.3 is 14.9 Å². The molecule has 2 aromatic carbocycles. The minimum absolute atomic E-state index is 0.0393. The van der Waals surface area contributed by atoms with Gasteiger partial charge in [0.25, 0.3) is 10.0 Å². The van der Waals surface area contributed by atoms with E-state index in [9.17, 15) is 27.1 Å². The number of nitrogens with zero attached hydrogens (tertiary/aromatic N) is 2. The van der Waals surface area contributed by atoms with Gasteiger partial charge in [-0.05, 0) is 69.1 Å². The van der Waals surface area contributed by atoms with Gasteiger partial charge in [-0.1, -0.05) is 23.2 Å². The topological polar surface area (TPSA) is 134 Å². The normalized spacial score (nSPS) is 12.6. The SMILES string of the molecule is CNS(=O)(=O)c1noc2c(-c3ccc(C#CC(C)(C)O)nc3[C@H](Cc3cc(F)cc(F)c3)NC(C)=O)cccc12. The zero-order chi connectivity index (χ0) is 29.2. The number of pyridine rings is 1. The van der Waals surface area contributed by atoms with Crippen molar-refractivity contribution in [2.45, 2.75) is 43.9 Å². The number of nitrogens with one attached hydrogen (secondary N) is 2. The molecule has 40 heavy (non-hydrogen) atoms. The van der Waals surface area contributed by atoms with E-state index in [1.165, 1.54) is 33.9 Å². The molecule has 0 saturated carbocycles. The van der Waals surface area contributed by atoms with Gasteiger partial charge in [0, 0.05) is 24.1 Å². The maximum absolute atomic E-state index is 14.0. The number of amides is 1. The molecule has 12 heteroatoms. The first-order valence-electron chi connectivity index (χ1n) is 12.1. The van der Waals surface area contributed by atoms with Gasteiger partial charge in [0.2, 0.25) is 10.9 Å². The van der Waals surface area contributed by atoms with Gasteiger partial charge in [0.1, 0.15) is 22.9 Å². The fraction of sp³-hybridized carbons (Fsp3) is 0.250. The largest absolute Gasteiger partial charge is 0.378 e. The van der Waals surface area contributed by atoms with Crippen LogP contribution in [0.25, 0.3) is 22.1 Å². The smallest absolute Gasteiger partial charge is 0.261 e. The van der Waals surface area contributed by atoms with Crippen LogP contribution in [0.1, 0.15) is 43.8 Å². The number of hydrogen-bond donors (Lipinski definition) is 3. The third kappa shape index (κ3) is 6.51. The van der Waals surface area contributed by atoms with Crippen LogP contribution in [0.3, 0.4) is 0 Å².